The Bertz CT molecular complexity index is 2290. The van der Waals surface area contributed by atoms with Crippen LogP contribution in [0.1, 0.15) is 33.4 Å². The monoisotopic (exact) mass is 894 g/mol. The van der Waals surface area contributed by atoms with Gasteiger partial charge in [0.2, 0.25) is 0 Å². The third-order valence-electron chi connectivity index (χ3n) is 12.0. The molecular weight excluding hydrogens is 837 g/mol. The van der Waals surface area contributed by atoms with Crippen molar-refractivity contribution in [2.24, 2.45) is 0 Å². The summed E-state index contributed by atoms with van der Waals surface area (Å²) in [5.41, 5.74) is 5.93. The minimum Gasteiger partial charge on any atom is -0.374 e. The highest BCUT2D eigenvalue weighted by Gasteiger charge is 2.68. The molecule has 10 atom stereocenters. The Morgan fingerprint density at radius 3 is 1.18 bits per heavy atom. The Balaban J connectivity index is 1.10. The van der Waals surface area contributed by atoms with Crippen molar-refractivity contribution in [3.05, 3.63) is 215 Å². The summed E-state index contributed by atoms with van der Waals surface area (Å²) in [7, 11) is 1.60. The molecule has 66 heavy (non-hydrogen) atoms. The van der Waals surface area contributed by atoms with E-state index in [1.807, 2.05) is 182 Å². The van der Waals surface area contributed by atoms with E-state index in [0.29, 0.717) is 13.2 Å². The molecule has 344 valence electrons. The summed E-state index contributed by atoms with van der Waals surface area (Å²) < 4.78 is 75.2. The van der Waals surface area contributed by atoms with E-state index in [4.69, 9.17) is 52.1 Å². The van der Waals surface area contributed by atoms with Crippen molar-refractivity contribution in [3.63, 3.8) is 0 Å². The minimum absolute atomic E-state index is 0.115. The molecule has 0 aliphatic carbocycles. The highest BCUT2D eigenvalue weighted by molar-refractivity contribution is 5.18. The Morgan fingerprint density at radius 2 is 0.742 bits per heavy atom. The maximum Gasteiger partial charge on any atom is 0.315 e. The van der Waals surface area contributed by atoms with Gasteiger partial charge in [-0.3, -0.25) is 0 Å². The fraction of sp³-hybridized carbons (Fsp3) is 0.345. The second-order valence-corrected chi connectivity index (χ2v) is 16.7. The van der Waals surface area contributed by atoms with Crippen LogP contribution >= 0.6 is 0 Å². The van der Waals surface area contributed by atoms with E-state index in [2.05, 4.69) is 0 Å². The van der Waals surface area contributed by atoms with E-state index in [-0.39, 0.29) is 39.6 Å². The molecule has 3 heterocycles. The molecule has 0 bridgehead atoms. The van der Waals surface area contributed by atoms with Crippen LogP contribution in [0.25, 0.3) is 0 Å². The van der Waals surface area contributed by atoms with Crippen LogP contribution in [0.5, 0.6) is 0 Å². The molecule has 3 aliphatic rings. The molecule has 0 amide bonds. The third kappa shape index (κ3) is 11.7. The van der Waals surface area contributed by atoms with E-state index in [1.54, 1.807) is 7.11 Å². The first-order valence-electron chi connectivity index (χ1n) is 22.7. The predicted molar refractivity (Wildman–Crippen MR) is 245 cm³/mol. The lowest BCUT2D eigenvalue weighted by Gasteiger charge is -2.49. The van der Waals surface area contributed by atoms with Crippen LogP contribution in [0.2, 0.25) is 0 Å². The van der Waals surface area contributed by atoms with Crippen LogP contribution in [0.4, 0.5) is 0 Å². The zero-order chi connectivity index (χ0) is 44.8. The normalized spacial score (nSPS) is 27.1. The first-order valence-corrected chi connectivity index (χ1v) is 22.7. The van der Waals surface area contributed by atoms with Gasteiger partial charge in [-0.1, -0.05) is 182 Å². The van der Waals surface area contributed by atoms with Crippen LogP contribution in [-0.4, -0.2) is 81.4 Å². The topological polar surface area (TPSA) is 102 Å². The van der Waals surface area contributed by atoms with Crippen LogP contribution in [0.3, 0.4) is 0 Å². The fourth-order valence-corrected chi connectivity index (χ4v) is 8.69. The molecule has 0 aromatic heterocycles. The quantitative estimate of drug-likeness (QED) is 0.0693. The van der Waals surface area contributed by atoms with Gasteiger partial charge in [-0.25, -0.2) is 0 Å². The maximum absolute atomic E-state index is 7.31. The molecule has 11 heteroatoms. The molecule has 1 spiro atoms. The lowest BCUT2D eigenvalue weighted by molar-refractivity contribution is -0.449. The Hall–Kier alpha value is -5.12. The molecule has 0 saturated carbocycles. The standard InChI is InChI=1S/C55H58O11/c1-56-54-52(61-36-44-28-16-6-17-29-44)50-49(46(63-54)38-57-32-40-20-8-2-9-21-40)65-55(66-50)53(62-37-45-30-18-7-19-31-45)51(60-35-43-26-14-5-15-27-43)48(59-34-42-24-12-4-13-25-42)47(64-55)39-58-33-41-22-10-3-11-23-41/h2-31,46-54H,32-39H2,1H3/t46-,47-,48-,49+,50+,51+,52-,53-,54+,55-/m1/s1. The van der Waals surface area contributed by atoms with E-state index in [9.17, 15) is 0 Å². The van der Waals surface area contributed by atoms with E-state index < -0.39 is 61.1 Å². The second kappa shape index (κ2) is 23.1. The molecule has 0 unspecified atom stereocenters. The number of rotatable bonds is 21. The van der Waals surface area contributed by atoms with Gasteiger partial charge >= 0.3 is 5.97 Å². The van der Waals surface area contributed by atoms with Gasteiger partial charge in [0.25, 0.3) is 0 Å². The van der Waals surface area contributed by atoms with Crippen LogP contribution in [-0.2, 0) is 91.7 Å². The van der Waals surface area contributed by atoms with Crippen molar-refractivity contribution in [2.75, 3.05) is 20.3 Å². The van der Waals surface area contributed by atoms with Crippen molar-refractivity contribution in [3.8, 4) is 0 Å². The smallest absolute Gasteiger partial charge is 0.315 e. The second-order valence-electron chi connectivity index (χ2n) is 16.7. The van der Waals surface area contributed by atoms with Crippen molar-refractivity contribution in [2.45, 2.75) is 101 Å². The van der Waals surface area contributed by atoms with Gasteiger partial charge in [0, 0.05) is 7.11 Å². The average molecular weight is 895 g/mol. The SMILES string of the molecule is CO[C@H]1O[C@H](COCc2ccccc2)[C@@H]2O[C@]3(O[C@@H]2[C@H]1OCc1ccccc1)O[C@H](COCc1ccccc1)[C@@H](OCc1ccccc1)[C@H](OCc1ccccc1)[C@H]3OCc1ccccc1. The number of fused-ring (bicyclic) bond motifs is 1. The highest BCUT2D eigenvalue weighted by Crippen LogP contribution is 2.48. The number of hydrogen-bond acceptors (Lipinski definition) is 11. The largest absolute Gasteiger partial charge is 0.374 e. The van der Waals surface area contributed by atoms with Crippen molar-refractivity contribution >= 4 is 0 Å². The van der Waals surface area contributed by atoms with Gasteiger partial charge in [0.15, 0.2) is 12.4 Å². The first-order chi connectivity index (χ1) is 32.6. The summed E-state index contributed by atoms with van der Waals surface area (Å²) >= 11 is 0. The molecule has 3 fully saturated rings. The zero-order valence-corrected chi connectivity index (χ0v) is 37.2. The van der Waals surface area contributed by atoms with Crippen molar-refractivity contribution < 1.29 is 52.1 Å². The molecule has 6 aromatic rings. The summed E-state index contributed by atoms with van der Waals surface area (Å²) in [6.45, 7) is 1.98. The Morgan fingerprint density at radius 1 is 0.379 bits per heavy atom. The highest BCUT2D eigenvalue weighted by atomic mass is 16.9. The lowest BCUT2D eigenvalue weighted by atomic mass is 9.96. The van der Waals surface area contributed by atoms with Crippen LogP contribution < -0.4 is 0 Å². The number of benzene rings is 6. The third-order valence-corrected chi connectivity index (χ3v) is 12.0. The van der Waals surface area contributed by atoms with Gasteiger partial charge in [-0.2, -0.15) is 0 Å². The predicted octanol–water partition coefficient (Wildman–Crippen LogP) is 8.97. The van der Waals surface area contributed by atoms with E-state index >= 15 is 0 Å². The summed E-state index contributed by atoms with van der Waals surface area (Å²) in [5.74, 6) is -1.88. The van der Waals surface area contributed by atoms with E-state index in [1.165, 1.54) is 0 Å². The van der Waals surface area contributed by atoms with Crippen LogP contribution in [0.15, 0.2) is 182 Å². The molecule has 6 aromatic carbocycles. The molecule has 0 N–H and O–H groups in total. The van der Waals surface area contributed by atoms with Crippen molar-refractivity contribution in [1.29, 1.82) is 0 Å². The molecule has 3 saturated heterocycles. The molecule has 3 aliphatic heterocycles. The van der Waals surface area contributed by atoms with Gasteiger partial charge in [-0.15, -0.1) is 0 Å². The summed E-state index contributed by atoms with van der Waals surface area (Å²) in [6, 6.07) is 60.0. The van der Waals surface area contributed by atoms with Gasteiger partial charge in [-0.05, 0) is 33.4 Å². The van der Waals surface area contributed by atoms with Gasteiger partial charge in [0.1, 0.15) is 42.7 Å². The molecule has 11 nitrogen and oxygen atoms in total. The Kier molecular flexibility index (Phi) is 16.1. The van der Waals surface area contributed by atoms with Crippen LogP contribution in [0, 0.1) is 0 Å². The number of methoxy groups -OCH3 is 1. The van der Waals surface area contributed by atoms with E-state index in [0.717, 1.165) is 33.4 Å². The first kappa shape index (κ1) is 46.0. The Labute approximate surface area is 387 Å². The van der Waals surface area contributed by atoms with Crippen molar-refractivity contribution in [1.82, 2.24) is 0 Å². The number of hydrogen-bond donors (Lipinski definition) is 0. The maximum atomic E-state index is 7.31. The lowest BCUT2D eigenvalue weighted by Crippen LogP contribution is -2.68. The molecular formula is C55H58O11. The zero-order valence-electron chi connectivity index (χ0n) is 37.2. The fourth-order valence-electron chi connectivity index (χ4n) is 8.69. The molecule has 9 rings (SSSR count). The van der Waals surface area contributed by atoms with Gasteiger partial charge < -0.3 is 52.1 Å². The molecule has 0 radical (unpaired) electrons. The summed E-state index contributed by atoms with van der Waals surface area (Å²) in [6.07, 6.45) is -7.13. The number of ether oxygens (including phenoxy) is 11. The van der Waals surface area contributed by atoms with Gasteiger partial charge in [0.05, 0.1) is 52.9 Å². The average Bonchev–Trinajstić information content (AvgIpc) is 3.76. The minimum atomic E-state index is -1.88. The summed E-state index contributed by atoms with van der Waals surface area (Å²) in [5, 5.41) is 0. The summed E-state index contributed by atoms with van der Waals surface area (Å²) in [4.78, 5) is 0.